The van der Waals surface area contributed by atoms with E-state index in [2.05, 4.69) is 19.2 Å². The van der Waals surface area contributed by atoms with Crippen molar-refractivity contribution in [1.82, 2.24) is 0 Å². The van der Waals surface area contributed by atoms with Crippen molar-refractivity contribution in [2.75, 3.05) is 0 Å². The van der Waals surface area contributed by atoms with Gasteiger partial charge >= 0.3 is 0 Å². The Kier molecular flexibility index (Phi) is 2.26. The van der Waals surface area contributed by atoms with E-state index in [0.29, 0.717) is 6.42 Å². The average Bonchev–Trinajstić information content (AvgIpc) is 1.79. The summed E-state index contributed by atoms with van der Waals surface area (Å²) in [4.78, 5) is 11.5. The Morgan fingerprint density at radius 1 is 1.42 bits per heavy atom. The van der Waals surface area contributed by atoms with E-state index in [9.17, 15) is 4.79 Å². The number of Topliss-reactive ketones (excluding diaryl/α,β-unsaturated/α-hetero) is 1. The zero-order valence-corrected chi connectivity index (χ0v) is 8.90. The number of carbonyl (C=O) groups excluding carboxylic acids is 1. The van der Waals surface area contributed by atoms with Crippen LogP contribution in [0.4, 0.5) is 0 Å². The lowest BCUT2D eigenvalue weighted by Gasteiger charge is -2.40. The van der Waals surface area contributed by atoms with Gasteiger partial charge in [-0.3, -0.25) is 4.79 Å². The Balaban J connectivity index is 2.87. The smallest absolute Gasteiger partial charge is 0.163 e. The highest BCUT2D eigenvalue weighted by Crippen LogP contribution is 2.22. The van der Waals surface area contributed by atoms with Gasteiger partial charge in [0.2, 0.25) is 0 Å². The van der Waals surface area contributed by atoms with Crippen LogP contribution in [0.2, 0.25) is 0 Å². The molecule has 1 fully saturated rings. The van der Waals surface area contributed by atoms with Crippen LogP contribution in [0.5, 0.6) is 0 Å². The number of halogens is 1. The molecule has 2 nitrogen and oxygen atoms in total. The predicted molar refractivity (Wildman–Crippen MR) is 49.3 cm³/mol. The molecule has 1 atom stereocenters. The van der Waals surface area contributed by atoms with Crippen LogP contribution in [0.25, 0.3) is 0 Å². The third kappa shape index (κ3) is 1.80. The van der Waals surface area contributed by atoms with Gasteiger partial charge in [-0.15, -0.1) is 11.6 Å². The standard InChI is InChI=1S/C9H16ClNO/c1-8(2)5-6(12)7(10)9(3,4)11-8/h7,11H,5H2,1-4H3/p+1/t7-/m0/s1. The number of rotatable bonds is 0. The molecule has 0 unspecified atom stereocenters. The number of hydrogen-bond donors (Lipinski definition) is 1. The summed E-state index contributed by atoms with van der Waals surface area (Å²) in [6.45, 7) is 8.19. The molecule has 1 heterocycles. The molecule has 0 aromatic rings. The molecule has 0 saturated carbocycles. The van der Waals surface area contributed by atoms with Gasteiger partial charge in [0.15, 0.2) is 5.78 Å². The van der Waals surface area contributed by atoms with Crippen LogP contribution >= 0.6 is 11.6 Å². The number of piperidine rings is 1. The van der Waals surface area contributed by atoms with Gasteiger partial charge in [0.05, 0.1) is 12.0 Å². The van der Waals surface area contributed by atoms with Gasteiger partial charge in [-0.1, -0.05) is 0 Å². The number of quaternary nitrogens is 1. The van der Waals surface area contributed by atoms with Crippen molar-refractivity contribution in [2.24, 2.45) is 0 Å². The number of alkyl halides is 1. The molecule has 1 aliphatic rings. The molecule has 0 aromatic heterocycles. The van der Waals surface area contributed by atoms with Crippen LogP contribution in [-0.4, -0.2) is 22.2 Å². The molecular formula is C9H17ClNO+. The first-order valence-electron chi connectivity index (χ1n) is 4.28. The maximum absolute atomic E-state index is 11.5. The SMILES string of the molecule is CC1(C)CC(=O)[C@H](Cl)C(C)(C)[NH2+]1. The molecule has 1 rings (SSSR count). The first-order valence-corrected chi connectivity index (χ1v) is 4.72. The van der Waals surface area contributed by atoms with E-state index in [0.717, 1.165) is 0 Å². The molecule has 12 heavy (non-hydrogen) atoms. The van der Waals surface area contributed by atoms with Gasteiger partial charge in [0.1, 0.15) is 10.9 Å². The summed E-state index contributed by atoms with van der Waals surface area (Å²) in [5.74, 6) is 0.175. The lowest BCUT2D eigenvalue weighted by Crippen LogP contribution is -3.07. The van der Waals surface area contributed by atoms with Crippen molar-refractivity contribution < 1.29 is 10.1 Å². The Labute approximate surface area is 78.7 Å². The summed E-state index contributed by atoms with van der Waals surface area (Å²) in [6, 6.07) is 0. The Bertz CT molecular complexity index is 211. The average molecular weight is 191 g/mol. The highest BCUT2D eigenvalue weighted by molar-refractivity contribution is 6.32. The molecule has 0 bridgehead atoms. The fraction of sp³-hybridized carbons (Fsp3) is 0.889. The zero-order valence-electron chi connectivity index (χ0n) is 8.15. The summed E-state index contributed by atoms with van der Waals surface area (Å²) in [7, 11) is 0. The van der Waals surface area contributed by atoms with Gasteiger partial charge in [0.25, 0.3) is 0 Å². The second-order valence-electron chi connectivity index (χ2n) is 4.96. The second-order valence-corrected chi connectivity index (χ2v) is 5.40. The normalized spacial score (nSPS) is 33.4. The third-order valence-corrected chi connectivity index (χ3v) is 3.13. The van der Waals surface area contributed by atoms with E-state index >= 15 is 0 Å². The first kappa shape index (κ1) is 10.0. The molecule has 0 amide bonds. The number of hydrogen-bond acceptors (Lipinski definition) is 1. The molecule has 70 valence electrons. The van der Waals surface area contributed by atoms with Crippen LogP contribution in [-0.2, 0) is 4.79 Å². The largest absolute Gasteiger partial charge is 0.336 e. The minimum atomic E-state index is -0.342. The summed E-state index contributed by atoms with van der Waals surface area (Å²) >= 11 is 6.01. The summed E-state index contributed by atoms with van der Waals surface area (Å²) < 4.78 is 0. The summed E-state index contributed by atoms with van der Waals surface area (Å²) in [6.07, 6.45) is 0.574. The zero-order chi connectivity index (χ0) is 9.57. The van der Waals surface area contributed by atoms with Gasteiger partial charge in [0, 0.05) is 0 Å². The van der Waals surface area contributed by atoms with Crippen molar-refractivity contribution in [3.05, 3.63) is 0 Å². The monoisotopic (exact) mass is 190 g/mol. The van der Waals surface area contributed by atoms with Crippen LogP contribution in [0.15, 0.2) is 0 Å². The number of carbonyl (C=O) groups is 1. The van der Waals surface area contributed by atoms with Crippen LogP contribution in [0.1, 0.15) is 34.1 Å². The molecule has 1 aliphatic heterocycles. The van der Waals surface area contributed by atoms with Crippen molar-refractivity contribution in [1.29, 1.82) is 0 Å². The molecule has 0 aliphatic carbocycles. The highest BCUT2D eigenvalue weighted by Gasteiger charge is 2.47. The predicted octanol–water partition coefficient (Wildman–Crippen LogP) is 0.687. The maximum atomic E-state index is 11.5. The van der Waals surface area contributed by atoms with Crippen LogP contribution in [0.3, 0.4) is 0 Å². The summed E-state index contributed by atoms with van der Waals surface area (Å²) in [5.41, 5.74) is -0.160. The Hall–Kier alpha value is -0.0800. The Morgan fingerprint density at radius 3 is 2.33 bits per heavy atom. The number of nitrogens with two attached hydrogens (primary N) is 1. The van der Waals surface area contributed by atoms with Gasteiger partial charge in [-0.05, 0) is 27.7 Å². The molecule has 0 spiro atoms. The Morgan fingerprint density at radius 2 is 1.92 bits per heavy atom. The van der Waals surface area contributed by atoms with Gasteiger partial charge in [-0.25, -0.2) is 0 Å². The van der Waals surface area contributed by atoms with Crippen LogP contribution < -0.4 is 5.32 Å². The highest BCUT2D eigenvalue weighted by atomic mass is 35.5. The lowest BCUT2D eigenvalue weighted by molar-refractivity contribution is -0.780. The van der Waals surface area contributed by atoms with E-state index < -0.39 is 0 Å². The molecule has 0 radical (unpaired) electrons. The quantitative estimate of drug-likeness (QED) is 0.561. The van der Waals surface area contributed by atoms with E-state index in [4.69, 9.17) is 11.6 Å². The maximum Gasteiger partial charge on any atom is 0.163 e. The van der Waals surface area contributed by atoms with Crippen molar-refractivity contribution >= 4 is 17.4 Å². The van der Waals surface area contributed by atoms with E-state index in [1.54, 1.807) is 0 Å². The van der Waals surface area contributed by atoms with E-state index in [1.165, 1.54) is 0 Å². The van der Waals surface area contributed by atoms with E-state index in [-0.39, 0.29) is 22.2 Å². The third-order valence-electron chi connectivity index (χ3n) is 2.33. The van der Waals surface area contributed by atoms with E-state index in [1.807, 2.05) is 13.8 Å². The van der Waals surface area contributed by atoms with Gasteiger partial charge < -0.3 is 5.32 Å². The first-order chi connectivity index (χ1) is 5.25. The van der Waals surface area contributed by atoms with Crippen LogP contribution in [0, 0.1) is 0 Å². The van der Waals surface area contributed by atoms with Crippen molar-refractivity contribution in [2.45, 2.75) is 50.6 Å². The fourth-order valence-corrected chi connectivity index (χ4v) is 2.22. The molecule has 0 aromatic carbocycles. The van der Waals surface area contributed by atoms with Crippen molar-refractivity contribution in [3.8, 4) is 0 Å². The number of ketones is 1. The minimum Gasteiger partial charge on any atom is -0.336 e. The molecule has 2 N–H and O–H groups in total. The lowest BCUT2D eigenvalue weighted by atomic mass is 9.81. The van der Waals surface area contributed by atoms with Gasteiger partial charge in [-0.2, -0.15) is 0 Å². The van der Waals surface area contributed by atoms with Crippen molar-refractivity contribution in [3.63, 3.8) is 0 Å². The second kappa shape index (κ2) is 2.71. The molecular weight excluding hydrogens is 174 g/mol. The molecule has 1 saturated heterocycles. The minimum absolute atomic E-state index is 0.00593. The topological polar surface area (TPSA) is 33.7 Å². The molecule has 3 heteroatoms. The summed E-state index contributed by atoms with van der Waals surface area (Å²) in [5, 5.41) is 1.85. The fourth-order valence-electron chi connectivity index (χ4n) is 2.08.